The van der Waals surface area contributed by atoms with Crippen molar-refractivity contribution in [2.24, 2.45) is 0 Å². The average Bonchev–Trinajstić information content (AvgIpc) is 3.12. The van der Waals surface area contributed by atoms with Crippen LogP contribution in [0.15, 0.2) is 18.5 Å². The van der Waals surface area contributed by atoms with E-state index < -0.39 is 0 Å². The number of carbonyl (C=O) groups is 1. The van der Waals surface area contributed by atoms with Crippen molar-refractivity contribution >= 4 is 11.9 Å². The van der Waals surface area contributed by atoms with Crippen molar-refractivity contribution in [2.75, 3.05) is 25.0 Å². The number of nitrogens with one attached hydrogen (secondary N) is 2. The number of carbonyl (C=O) groups excluding carboxylic acids is 1. The lowest BCUT2D eigenvalue weighted by molar-refractivity contribution is -0.124. The highest BCUT2D eigenvalue weighted by Crippen LogP contribution is 2.22. The fourth-order valence-electron chi connectivity index (χ4n) is 2.62. The second-order valence-corrected chi connectivity index (χ2v) is 6.33. The highest BCUT2D eigenvalue weighted by Gasteiger charge is 2.30. The third kappa shape index (κ3) is 4.18. The molecule has 1 amide bonds. The van der Waals surface area contributed by atoms with Gasteiger partial charge in [-0.3, -0.25) is 20.1 Å². The predicted octanol–water partition coefficient (Wildman–Crippen LogP) is 1.12. The summed E-state index contributed by atoms with van der Waals surface area (Å²) in [6, 6.07) is 1.37. The summed E-state index contributed by atoms with van der Waals surface area (Å²) in [4.78, 5) is 27.0. The summed E-state index contributed by atoms with van der Waals surface area (Å²) in [6.07, 6.45) is 2.96. The number of hydrogen-bond acceptors (Lipinski definition) is 7. The van der Waals surface area contributed by atoms with Gasteiger partial charge in [-0.15, -0.1) is 0 Å². The Kier molecular flexibility index (Phi) is 5.34. The zero-order valence-corrected chi connectivity index (χ0v) is 14.6. The highest BCUT2D eigenvalue weighted by molar-refractivity contribution is 5.93. The molecule has 0 unspecified atom stereocenters. The molecule has 25 heavy (non-hydrogen) atoms. The van der Waals surface area contributed by atoms with Crippen LogP contribution in [-0.4, -0.2) is 61.7 Å². The molecule has 2 atom stereocenters. The van der Waals surface area contributed by atoms with Crippen molar-refractivity contribution in [3.8, 4) is 0 Å². The van der Waals surface area contributed by atoms with Crippen LogP contribution in [0, 0.1) is 0 Å². The first kappa shape index (κ1) is 17.4. The molecule has 1 saturated heterocycles. The van der Waals surface area contributed by atoms with Crippen molar-refractivity contribution in [1.82, 2.24) is 30.0 Å². The van der Waals surface area contributed by atoms with Crippen LogP contribution in [-0.2, 0) is 9.53 Å². The molecule has 0 saturated carbocycles. The zero-order valence-electron chi connectivity index (χ0n) is 14.6. The molecular formula is C16H23N7O2. The Labute approximate surface area is 146 Å². The fourth-order valence-corrected chi connectivity index (χ4v) is 2.62. The molecule has 1 aliphatic heterocycles. The van der Waals surface area contributed by atoms with E-state index in [0.29, 0.717) is 31.5 Å². The van der Waals surface area contributed by atoms with Gasteiger partial charge in [-0.05, 0) is 13.0 Å². The van der Waals surface area contributed by atoms with E-state index in [-0.39, 0.29) is 24.0 Å². The van der Waals surface area contributed by atoms with Gasteiger partial charge >= 0.3 is 0 Å². The molecule has 3 rings (SSSR count). The van der Waals surface area contributed by atoms with Crippen LogP contribution in [0.2, 0.25) is 0 Å². The van der Waals surface area contributed by atoms with Crippen molar-refractivity contribution in [3.63, 3.8) is 0 Å². The number of rotatable bonds is 5. The molecule has 0 aliphatic carbocycles. The van der Waals surface area contributed by atoms with Crippen molar-refractivity contribution < 1.29 is 9.53 Å². The summed E-state index contributed by atoms with van der Waals surface area (Å²) in [6.45, 7) is 7.71. The van der Waals surface area contributed by atoms with Gasteiger partial charge in [0, 0.05) is 31.4 Å². The maximum atomic E-state index is 12.4. The minimum Gasteiger partial charge on any atom is -0.368 e. The predicted molar refractivity (Wildman–Crippen MR) is 90.9 cm³/mol. The van der Waals surface area contributed by atoms with Gasteiger partial charge in [0.25, 0.3) is 0 Å². The number of aromatic nitrogens is 5. The van der Waals surface area contributed by atoms with Gasteiger partial charge in [0.15, 0.2) is 11.6 Å². The van der Waals surface area contributed by atoms with E-state index in [0.717, 1.165) is 5.82 Å². The largest absolute Gasteiger partial charge is 0.368 e. The van der Waals surface area contributed by atoms with Crippen LogP contribution < -0.4 is 5.32 Å². The first-order valence-electron chi connectivity index (χ1n) is 8.40. The molecular weight excluding hydrogens is 322 g/mol. The summed E-state index contributed by atoms with van der Waals surface area (Å²) in [5.41, 5.74) is 0. The Hall–Kier alpha value is -2.39. The normalized spacial score (nSPS) is 19.8. The molecule has 2 aromatic heterocycles. The molecule has 0 radical (unpaired) electrons. The number of morpholine rings is 1. The van der Waals surface area contributed by atoms with E-state index in [1.54, 1.807) is 18.5 Å². The van der Waals surface area contributed by atoms with Gasteiger partial charge in [-0.1, -0.05) is 13.8 Å². The number of aromatic amines is 1. The van der Waals surface area contributed by atoms with Crippen molar-refractivity contribution in [1.29, 1.82) is 0 Å². The van der Waals surface area contributed by atoms with Crippen molar-refractivity contribution in [3.05, 3.63) is 30.1 Å². The molecule has 1 aliphatic rings. The summed E-state index contributed by atoms with van der Waals surface area (Å²) < 4.78 is 5.80. The second-order valence-electron chi connectivity index (χ2n) is 6.33. The lowest BCUT2D eigenvalue weighted by Gasteiger charge is -2.35. The second kappa shape index (κ2) is 7.66. The third-order valence-electron chi connectivity index (χ3n) is 4.17. The van der Waals surface area contributed by atoms with Gasteiger partial charge in [-0.25, -0.2) is 15.0 Å². The number of anilines is 1. The van der Waals surface area contributed by atoms with Gasteiger partial charge in [0.2, 0.25) is 11.9 Å². The van der Waals surface area contributed by atoms with Gasteiger partial charge in [0.1, 0.15) is 6.10 Å². The molecule has 9 nitrogen and oxygen atoms in total. The third-order valence-corrected chi connectivity index (χ3v) is 4.17. The topological polar surface area (TPSA) is 109 Å². The Morgan fingerprint density at radius 3 is 2.80 bits per heavy atom. The lowest BCUT2D eigenvalue weighted by atomic mass is 10.2. The van der Waals surface area contributed by atoms with Crippen LogP contribution in [0.1, 0.15) is 44.4 Å². The van der Waals surface area contributed by atoms with Crippen LogP contribution in [0.4, 0.5) is 5.95 Å². The monoisotopic (exact) mass is 345 g/mol. The van der Waals surface area contributed by atoms with E-state index in [1.807, 2.05) is 20.8 Å². The highest BCUT2D eigenvalue weighted by atomic mass is 16.5. The zero-order chi connectivity index (χ0) is 17.8. The molecule has 1 fully saturated rings. The van der Waals surface area contributed by atoms with E-state index >= 15 is 0 Å². The van der Waals surface area contributed by atoms with Crippen LogP contribution >= 0.6 is 0 Å². The molecule has 9 heteroatoms. The average molecular weight is 345 g/mol. The smallest absolute Gasteiger partial charge is 0.243 e. The molecule has 2 aromatic rings. The number of hydrogen-bond donors (Lipinski definition) is 2. The van der Waals surface area contributed by atoms with Crippen molar-refractivity contribution in [2.45, 2.75) is 38.8 Å². The molecule has 0 spiro atoms. The number of amides is 1. The molecule has 3 heterocycles. The summed E-state index contributed by atoms with van der Waals surface area (Å²) in [5.74, 6) is 1.88. The van der Waals surface area contributed by atoms with Gasteiger partial charge in [0.05, 0.1) is 12.6 Å². The summed E-state index contributed by atoms with van der Waals surface area (Å²) in [7, 11) is 0. The van der Waals surface area contributed by atoms with E-state index in [1.165, 1.54) is 0 Å². The van der Waals surface area contributed by atoms with E-state index in [4.69, 9.17) is 4.74 Å². The number of H-pyrrole nitrogens is 1. The maximum Gasteiger partial charge on any atom is 0.243 e. The lowest BCUT2D eigenvalue weighted by Crippen LogP contribution is -2.48. The molecule has 0 bridgehead atoms. The van der Waals surface area contributed by atoms with Crippen LogP contribution in [0.5, 0.6) is 0 Å². The fraction of sp³-hybridized carbons (Fsp3) is 0.562. The van der Waals surface area contributed by atoms with Gasteiger partial charge < -0.3 is 4.74 Å². The molecule has 0 aromatic carbocycles. The molecule has 2 N–H and O–H groups in total. The Morgan fingerprint density at radius 1 is 1.36 bits per heavy atom. The maximum absolute atomic E-state index is 12.4. The molecule has 134 valence electrons. The first-order valence-corrected chi connectivity index (χ1v) is 8.40. The van der Waals surface area contributed by atoms with E-state index in [2.05, 4.69) is 35.4 Å². The summed E-state index contributed by atoms with van der Waals surface area (Å²) in [5, 5.41) is 9.91. The number of ether oxygens (including phenoxy) is 1. The Bertz CT molecular complexity index is 704. The quantitative estimate of drug-likeness (QED) is 0.835. The Balaban J connectivity index is 1.62. The standard InChI is InChI=1S/C16H23N7O2/c1-10(2)13-19-14(22-21-13)12-9-23(7-8-25-12)11(3)15(24)20-16-17-5-4-6-18-16/h4-6,10-12H,7-9H2,1-3H3,(H,19,21,22)(H,17,18,20,24)/t11-,12-/m1/s1. The minimum atomic E-state index is -0.331. The minimum absolute atomic E-state index is 0.146. The number of nitrogens with zero attached hydrogens (tertiary/aromatic N) is 5. The van der Waals surface area contributed by atoms with E-state index in [9.17, 15) is 4.79 Å². The van der Waals surface area contributed by atoms with Gasteiger partial charge in [-0.2, -0.15) is 5.10 Å². The summed E-state index contributed by atoms with van der Waals surface area (Å²) >= 11 is 0. The van der Waals surface area contributed by atoms with Crippen LogP contribution in [0.3, 0.4) is 0 Å². The SMILES string of the molecule is CC(C)c1n[nH]c([C@H]2CN([C@H](C)C(=O)Nc3ncccn3)CCO2)n1. The Morgan fingerprint density at radius 2 is 2.12 bits per heavy atom. The van der Waals surface area contributed by atoms with Crippen LogP contribution in [0.25, 0.3) is 0 Å². The first-order chi connectivity index (χ1) is 12.0.